The van der Waals surface area contributed by atoms with E-state index >= 15 is 0 Å². The van der Waals surface area contributed by atoms with Gasteiger partial charge in [-0.2, -0.15) is 0 Å². The minimum atomic E-state index is -0.388. The third kappa shape index (κ3) is 3.28. The molecule has 1 amide bonds. The molecule has 2 atom stereocenters. The Morgan fingerprint density at radius 1 is 1.65 bits per heavy atom. The quantitative estimate of drug-likeness (QED) is 0.910. The molecule has 2 heterocycles. The van der Waals surface area contributed by atoms with Crippen LogP contribution in [0.5, 0.6) is 5.75 Å². The van der Waals surface area contributed by atoms with E-state index in [2.05, 4.69) is 4.98 Å². The molecule has 2 unspecified atom stereocenters. The van der Waals surface area contributed by atoms with Gasteiger partial charge in [0.25, 0.3) is 5.91 Å². The summed E-state index contributed by atoms with van der Waals surface area (Å²) < 4.78 is 5.46. The van der Waals surface area contributed by atoms with E-state index in [0.717, 1.165) is 12.8 Å². The molecule has 1 N–H and O–H groups in total. The lowest BCUT2D eigenvalue weighted by atomic mass is 9.93. The van der Waals surface area contributed by atoms with E-state index in [-0.39, 0.29) is 17.9 Å². The molecule has 0 spiro atoms. The lowest BCUT2D eigenvalue weighted by molar-refractivity contribution is 0.0458. The normalized spacial score (nSPS) is 20.6. The maximum atomic E-state index is 12.6. The zero-order valence-corrected chi connectivity index (χ0v) is 12.1. The highest BCUT2D eigenvalue weighted by molar-refractivity contribution is 5.95. The van der Waals surface area contributed by atoms with Crippen LogP contribution in [0.25, 0.3) is 0 Å². The molecule has 0 aromatic carbocycles. The van der Waals surface area contributed by atoms with Gasteiger partial charge in [0, 0.05) is 25.2 Å². The summed E-state index contributed by atoms with van der Waals surface area (Å²) in [6.07, 6.45) is 3.09. The molecule has 1 aromatic rings. The molecule has 1 aliphatic rings. The van der Waals surface area contributed by atoms with Gasteiger partial charge >= 0.3 is 0 Å². The summed E-state index contributed by atoms with van der Waals surface area (Å²) in [5.74, 6) is 0.561. The third-order valence-electron chi connectivity index (χ3n) is 3.70. The smallest absolute Gasteiger partial charge is 0.276 e. The van der Waals surface area contributed by atoms with Crippen molar-refractivity contribution in [2.45, 2.75) is 32.8 Å². The van der Waals surface area contributed by atoms with Crippen molar-refractivity contribution in [3.63, 3.8) is 0 Å². The first kappa shape index (κ1) is 14.8. The van der Waals surface area contributed by atoms with Gasteiger partial charge in [-0.05, 0) is 38.8 Å². The number of hydrogen-bond acceptors (Lipinski definition) is 4. The average molecular weight is 278 g/mol. The summed E-state index contributed by atoms with van der Waals surface area (Å²) in [6.45, 7) is 5.46. The number of carbonyl (C=O) groups is 1. The molecule has 1 saturated heterocycles. The lowest BCUT2D eigenvalue weighted by Gasteiger charge is -2.34. The van der Waals surface area contributed by atoms with Crippen LogP contribution in [-0.4, -0.2) is 46.7 Å². The topological polar surface area (TPSA) is 62.7 Å². The highest BCUT2D eigenvalue weighted by atomic mass is 16.5. The maximum absolute atomic E-state index is 12.6. The van der Waals surface area contributed by atoms with Gasteiger partial charge in [0.1, 0.15) is 0 Å². The van der Waals surface area contributed by atoms with Gasteiger partial charge in [-0.25, -0.2) is 4.98 Å². The zero-order valence-electron chi connectivity index (χ0n) is 12.1. The van der Waals surface area contributed by atoms with Gasteiger partial charge in [0.05, 0.1) is 12.7 Å². The molecule has 0 aliphatic carbocycles. The number of rotatable bonds is 4. The highest BCUT2D eigenvalue weighted by Crippen LogP contribution is 2.23. The number of hydrogen-bond donors (Lipinski definition) is 1. The van der Waals surface area contributed by atoms with E-state index in [1.165, 1.54) is 0 Å². The second-order valence-electron chi connectivity index (χ2n) is 5.18. The average Bonchev–Trinajstić information content (AvgIpc) is 2.47. The first-order valence-electron chi connectivity index (χ1n) is 7.18. The summed E-state index contributed by atoms with van der Waals surface area (Å²) in [7, 11) is 0. The second kappa shape index (κ2) is 6.70. The summed E-state index contributed by atoms with van der Waals surface area (Å²) in [5.41, 5.74) is 0.362. The summed E-state index contributed by atoms with van der Waals surface area (Å²) in [5, 5.41) is 9.71. The molecule has 0 saturated carbocycles. The Balaban J connectivity index is 2.14. The molecule has 20 heavy (non-hydrogen) atoms. The highest BCUT2D eigenvalue weighted by Gasteiger charge is 2.29. The number of amides is 1. The molecule has 1 aromatic heterocycles. The van der Waals surface area contributed by atoms with Crippen LogP contribution in [0.3, 0.4) is 0 Å². The predicted molar refractivity (Wildman–Crippen MR) is 75.7 cm³/mol. The Morgan fingerprint density at radius 2 is 2.45 bits per heavy atom. The first-order valence-corrected chi connectivity index (χ1v) is 7.18. The number of carbonyl (C=O) groups excluding carboxylic acids is 1. The largest absolute Gasteiger partial charge is 0.491 e. The van der Waals surface area contributed by atoms with Crippen LogP contribution >= 0.6 is 0 Å². The van der Waals surface area contributed by atoms with Crippen molar-refractivity contribution in [1.29, 1.82) is 0 Å². The Kier molecular flexibility index (Phi) is 4.95. The monoisotopic (exact) mass is 278 g/mol. The van der Waals surface area contributed by atoms with Gasteiger partial charge in [0.15, 0.2) is 11.4 Å². The van der Waals surface area contributed by atoms with Crippen molar-refractivity contribution < 1.29 is 14.6 Å². The molecule has 1 fully saturated rings. The fourth-order valence-corrected chi connectivity index (χ4v) is 2.56. The van der Waals surface area contributed by atoms with Gasteiger partial charge in [-0.15, -0.1) is 0 Å². The number of aliphatic hydroxyl groups excluding tert-OH is 1. The van der Waals surface area contributed by atoms with E-state index in [1.807, 2.05) is 6.92 Å². The SMILES string of the molecule is CCOc1cccnc1C(=O)N1CCCC(C(C)O)C1. The number of likely N-dealkylation sites (tertiary alicyclic amines) is 1. The Morgan fingerprint density at radius 3 is 3.15 bits per heavy atom. The van der Waals surface area contributed by atoms with Crippen LogP contribution in [0.2, 0.25) is 0 Å². The molecule has 5 heteroatoms. The van der Waals surface area contributed by atoms with Crippen molar-refractivity contribution in [2.75, 3.05) is 19.7 Å². The molecule has 0 radical (unpaired) electrons. The van der Waals surface area contributed by atoms with Crippen LogP contribution in [0.4, 0.5) is 0 Å². The number of aliphatic hydroxyl groups is 1. The van der Waals surface area contributed by atoms with Crippen LogP contribution in [0.15, 0.2) is 18.3 Å². The third-order valence-corrected chi connectivity index (χ3v) is 3.70. The van der Waals surface area contributed by atoms with Crippen molar-refractivity contribution in [1.82, 2.24) is 9.88 Å². The van der Waals surface area contributed by atoms with Crippen molar-refractivity contribution in [3.8, 4) is 5.75 Å². The second-order valence-corrected chi connectivity index (χ2v) is 5.18. The summed E-state index contributed by atoms with van der Waals surface area (Å²) in [4.78, 5) is 18.5. The minimum Gasteiger partial charge on any atom is -0.491 e. The molecule has 1 aliphatic heterocycles. The van der Waals surface area contributed by atoms with Crippen LogP contribution < -0.4 is 4.74 Å². The number of ether oxygens (including phenoxy) is 1. The first-order chi connectivity index (χ1) is 9.63. The number of piperidine rings is 1. The zero-order chi connectivity index (χ0) is 14.5. The van der Waals surface area contributed by atoms with Gasteiger partial charge in [-0.1, -0.05) is 0 Å². The molecular weight excluding hydrogens is 256 g/mol. The van der Waals surface area contributed by atoms with Crippen LogP contribution in [-0.2, 0) is 0 Å². The van der Waals surface area contributed by atoms with Gasteiger partial charge < -0.3 is 14.7 Å². The van der Waals surface area contributed by atoms with Crippen molar-refractivity contribution >= 4 is 5.91 Å². The molecule has 2 rings (SSSR count). The Labute approximate surface area is 119 Å². The van der Waals surface area contributed by atoms with Crippen LogP contribution in [0.1, 0.15) is 37.2 Å². The van der Waals surface area contributed by atoms with E-state index in [1.54, 1.807) is 30.2 Å². The van der Waals surface area contributed by atoms with Crippen molar-refractivity contribution in [2.24, 2.45) is 5.92 Å². The minimum absolute atomic E-state index is 0.112. The summed E-state index contributed by atoms with van der Waals surface area (Å²) >= 11 is 0. The number of pyridine rings is 1. The van der Waals surface area contributed by atoms with E-state index in [0.29, 0.717) is 31.1 Å². The molecular formula is C15H22N2O3. The molecule has 0 bridgehead atoms. The van der Waals surface area contributed by atoms with Gasteiger partial charge in [0.2, 0.25) is 0 Å². The van der Waals surface area contributed by atoms with Gasteiger partial charge in [-0.3, -0.25) is 4.79 Å². The van der Waals surface area contributed by atoms with E-state index in [4.69, 9.17) is 4.74 Å². The van der Waals surface area contributed by atoms with E-state index in [9.17, 15) is 9.90 Å². The maximum Gasteiger partial charge on any atom is 0.276 e. The standard InChI is InChI=1S/C15H22N2O3/c1-3-20-13-7-4-8-16-14(13)15(19)17-9-5-6-12(10-17)11(2)18/h4,7-8,11-12,18H,3,5-6,9-10H2,1-2H3. The Bertz CT molecular complexity index is 462. The number of nitrogens with zero attached hydrogens (tertiary/aromatic N) is 2. The summed E-state index contributed by atoms with van der Waals surface area (Å²) in [6, 6.07) is 3.52. The number of aromatic nitrogens is 1. The van der Waals surface area contributed by atoms with Crippen LogP contribution in [0, 0.1) is 5.92 Å². The molecule has 110 valence electrons. The predicted octanol–water partition coefficient (Wildman–Crippen LogP) is 1.71. The fourth-order valence-electron chi connectivity index (χ4n) is 2.56. The lowest BCUT2D eigenvalue weighted by Crippen LogP contribution is -2.43. The fraction of sp³-hybridized carbons (Fsp3) is 0.600. The molecule has 5 nitrogen and oxygen atoms in total. The van der Waals surface area contributed by atoms with Crippen molar-refractivity contribution in [3.05, 3.63) is 24.0 Å². The Hall–Kier alpha value is -1.62. The van der Waals surface area contributed by atoms with E-state index < -0.39 is 0 Å².